The van der Waals surface area contributed by atoms with Crippen LogP contribution in [0.4, 0.5) is 17.6 Å². The Bertz CT molecular complexity index is 1540. The monoisotopic (exact) mass is 616 g/mol. The lowest BCUT2D eigenvalue weighted by atomic mass is 9.71. The van der Waals surface area contributed by atoms with Gasteiger partial charge in [-0.15, -0.1) is 11.8 Å². The second-order valence-corrected chi connectivity index (χ2v) is 12.6. The Morgan fingerprint density at radius 3 is 1.89 bits per heavy atom. The van der Waals surface area contributed by atoms with Crippen LogP contribution in [0.3, 0.4) is 0 Å². The second-order valence-electron chi connectivity index (χ2n) is 12.6. The summed E-state index contributed by atoms with van der Waals surface area (Å²) in [4.78, 5) is 0. The predicted molar refractivity (Wildman–Crippen MR) is 176 cm³/mol. The molecular formula is C40H44F4O. The molecule has 5 rings (SSSR count). The van der Waals surface area contributed by atoms with E-state index < -0.39 is 23.3 Å². The smallest absolute Gasteiger partial charge is 0.201 e. The molecule has 0 spiro atoms. The van der Waals surface area contributed by atoms with E-state index in [4.69, 9.17) is 4.74 Å². The molecule has 3 aromatic rings. The minimum absolute atomic E-state index is 0.0848. The molecule has 238 valence electrons. The van der Waals surface area contributed by atoms with Gasteiger partial charge in [-0.3, -0.25) is 0 Å². The average Bonchev–Trinajstić information content (AvgIpc) is 3.07. The van der Waals surface area contributed by atoms with Gasteiger partial charge in [0.05, 0.1) is 6.61 Å². The number of hydrogen-bond acceptors (Lipinski definition) is 1. The highest BCUT2D eigenvalue weighted by Gasteiger charge is 2.29. The Morgan fingerprint density at radius 1 is 0.667 bits per heavy atom. The van der Waals surface area contributed by atoms with Crippen molar-refractivity contribution in [3.8, 4) is 39.8 Å². The summed E-state index contributed by atoms with van der Waals surface area (Å²) in [7, 11) is 0. The quantitative estimate of drug-likeness (QED) is 0.118. The lowest BCUT2D eigenvalue weighted by molar-refractivity contribution is 0.215. The molecule has 0 radical (unpaired) electrons. The number of unbranched alkanes of at least 4 members (excludes halogenated alkanes) is 4. The van der Waals surface area contributed by atoms with E-state index >= 15 is 8.78 Å². The van der Waals surface area contributed by atoms with Crippen LogP contribution in [0.1, 0.15) is 96.5 Å². The van der Waals surface area contributed by atoms with Crippen molar-refractivity contribution < 1.29 is 22.3 Å². The Labute approximate surface area is 266 Å². The highest BCUT2D eigenvalue weighted by Crippen LogP contribution is 2.42. The standard InChI is InChI=1S/C40H44F4O/c1-3-5-6-7-8-26-45-36-25-24-35(39(43)40(36)44)32-20-18-31(19-21-32)34-23-22-33(37(41)38(34)42)30-16-14-29(15-17-30)28-12-10-27(9-4-2)11-13-28/h16,18-25,27-29H,3,5-8,10-15,17,26H2,1-2H3. The fourth-order valence-electron chi connectivity index (χ4n) is 7.07. The molecule has 0 bridgehead atoms. The maximum absolute atomic E-state index is 15.4. The molecule has 1 nitrogen and oxygen atoms in total. The molecule has 0 heterocycles. The fraction of sp³-hybridized carbons (Fsp3) is 0.450. The molecule has 2 aliphatic carbocycles. The number of ether oxygens (including phenoxy) is 1. The third-order valence-corrected chi connectivity index (χ3v) is 9.73. The van der Waals surface area contributed by atoms with Crippen LogP contribution < -0.4 is 4.74 Å². The van der Waals surface area contributed by atoms with Gasteiger partial charge in [0.25, 0.3) is 0 Å². The van der Waals surface area contributed by atoms with Crippen LogP contribution in [-0.2, 0) is 0 Å². The highest BCUT2D eigenvalue weighted by molar-refractivity contribution is 5.74. The molecule has 1 fully saturated rings. The molecule has 5 heteroatoms. The van der Waals surface area contributed by atoms with Gasteiger partial charge < -0.3 is 4.74 Å². The fourth-order valence-corrected chi connectivity index (χ4v) is 7.07. The van der Waals surface area contributed by atoms with E-state index in [1.165, 1.54) is 25.0 Å². The predicted octanol–water partition coefficient (Wildman–Crippen LogP) is 11.9. The van der Waals surface area contributed by atoms with Gasteiger partial charge in [-0.05, 0) is 99.0 Å². The molecule has 1 unspecified atom stereocenters. The highest BCUT2D eigenvalue weighted by atomic mass is 19.2. The number of rotatable bonds is 11. The third kappa shape index (κ3) is 7.83. The van der Waals surface area contributed by atoms with E-state index in [9.17, 15) is 8.78 Å². The average molecular weight is 617 g/mol. The Hall–Kier alpha value is -3.52. The number of allylic oxidation sites excluding steroid dienone is 2. The number of halogens is 4. The molecule has 1 atom stereocenters. The van der Waals surface area contributed by atoms with Gasteiger partial charge >= 0.3 is 0 Å². The zero-order valence-electron chi connectivity index (χ0n) is 26.5. The normalized spacial score (nSPS) is 19.9. The van der Waals surface area contributed by atoms with Gasteiger partial charge in [-0.2, -0.15) is 4.39 Å². The van der Waals surface area contributed by atoms with Crippen LogP contribution in [0, 0.1) is 52.9 Å². The summed E-state index contributed by atoms with van der Waals surface area (Å²) in [5.41, 5.74) is 2.32. The minimum atomic E-state index is -1.02. The van der Waals surface area contributed by atoms with Gasteiger partial charge in [0, 0.05) is 22.6 Å². The van der Waals surface area contributed by atoms with Crippen LogP contribution in [0.15, 0.2) is 54.6 Å². The molecule has 2 aliphatic rings. The molecule has 0 saturated heterocycles. The van der Waals surface area contributed by atoms with Crippen LogP contribution in [-0.4, -0.2) is 6.61 Å². The van der Waals surface area contributed by atoms with Crippen molar-refractivity contribution in [2.75, 3.05) is 6.61 Å². The second kappa shape index (κ2) is 15.7. The summed E-state index contributed by atoms with van der Waals surface area (Å²) in [6.07, 6.45) is 14.6. The lowest BCUT2D eigenvalue weighted by Crippen LogP contribution is -2.22. The summed E-state index contributed by atoms with van der Waals surface area (Å²) in [6.45, 7) is 4.38. The van der Waals surface area contributed by atoms with Crippen molar-refractivity contribution >= 4 is 5.57 Å². The number of hydrogen-bond donors (Lipinski definition) is 0. The van der Waals surface area contributed by atoms with Crippen molar-refractivity contribution in [3.05, 3.63) is 83.4 Å². The third-order valence-electron chi connectivity index (χ3n) is 9.73. The van der Waals surface area contributed by atoms with Gasteiger partial charge in [-0.1, -0.05) is 75.1 Å². The molecular weight excluding hydrogens is 572 g/mol. The first-order valence-corrected chi connectivity index (χ1v) is 16.7. The maximum Gasteiger partial charge on any atom is 0.201 e. The molecule has 0 aliphatic heterocycles. The van der Waals surface area contributed by atoms with Crippen molar-refractivity contribution in [2.24, 2.45) is 17.8 Å². The summed E-state index contributed by atoms with van der Waals surface area (Å²) in [5.74, 6) is 4.32. The minimum Gasteiger partial charge on any atom is -0.490 e. The first-order valence-electron chi connectivity index (χ1n) is 16.7. The van der Waals surface area contributed by atoms with Gasteiger partial charge in [0.1, 0.15) is 0 Å². The van der Waals surface area contributed by atoms with Crippen LogP contribution in [0.25, 0.3) is 27.8 Å². The van der Waals surface area contributed by atoms with E-state index in [2.05, 4.69) is 24.8 Å². The molecule has 45 heavy (non-hydrogen) atoms. The first kappa shape index (κ1) is 32.9. The van der Waals surface area contributed by atoms with Crippen molar-refractivity contribution in [1.29, 1.82) is 0 Å². The van der Waals surface area contributed by atoms with Crippen LogP contribution in [0.5, 0.6) is 5.75 Å². The summed E-state index contributed by atoms with van der Waals surface area (Å²) in [5, 5.41) is 0. The van der Waals surface area contributed by atoms with Crippen LogP contribution >= 0.6 is 0 Å². The van der Waals surface area contributed by atoms with Crippen molar-refractivity contribution in [1.82, 2.24) is 0 Å². The zero-order chi connectivity index (χ0) is 31.8. The number of benzene rings is 3. The summed E-state index contributed by atoms with van der Waals surface area (Å²) < 4.78 is 66.1. The van der Waals surface area contributed by atoms with Gasteiger partial charge in [0.15, 0.2) is 23.2 Å². The Morgan fingerprint density at radius 2 is 1.27 bits per heavy atom. The van der Waals surface area contributed by atoms with E-state index in [0.29, 0.717) is 41.1 Å². The van der Waals surface area contributed by atoms with Crippen molar-refractivity contribution in [3.63, 3.8) is 0 Å². The lowest BCUT2D eigenvalue weighted by Gasteiger charge is -2.34. The first-order chi connectivity index (χ1) is 21.9. The summed E-state index contributed by atoms with van der Waals surface area (Å²) in [6, 6.07) is 12.6. The molecule has 3 aromatic carbocycles. The van der Waals surface area contributed by atoms with Gasteiger partial charge in [-0.25, -0.2) is 13.2 Å². The SMILES string of the molecule is CC#CC1CCC(C2CC=C(c3ccc(-c4ccc(-c5ccc(OCCCCCCC)c(F)c5F)cc4)c(F)c3F)CC2)CC1. The molecule has 1 saturated carbocycles. The Kier molecular flexibility index (Phi) is 11.4. The molecule has 0 amide bonds. The van der Waals surface area contributed by atoms with Crippen LogP contribution in [0.2, 0.25) is 0 Å². The topological polar surface area (TPSA) is 9.23 Å². The van der Waals surface area contributed by atoms with E-state index in [1.807, 2.05) is 6.92 Å². The molecule has 0 aromatic heterocycles. The summed E-state index contributed by atoms with van der Waals surface area (Å²) >= 11 is 0. The Balaban J connectivity index is 1.23. The van der Waals surface area contributed by atoms with E-state index in [0.717, 1.165) is 69.8 Å². The van der Waals surface area contributed by atoms with Crippen molar-refractivity contribution in [2.45, 2.75) is 90.9 Å². The van der Waals surface area contributed by atoms with E-state index in [-0.39, 0.29) is 16.9 Å². The van der Waals surface area contributed by atoms with E-state index in [1.54, 1.807) is 36.4 Å². The largest absolute Gasteiger partial charge is 0.490 e. The molecule has 0 N–H and O–H groups in total. The zero-order valence-corrected chi connectivity index (χ0v) is 26.5. The van der Waals surface area contributed by atoms with Gasteiger partial charge in [0.2, 0.25) is 5.82 Å². The maximum atomic E-state index is 15.4.